The van der Waals surface area contributed by atoms with Gasteiger partial charge in [-0.1, -0.05) is 42.5 Å². The predicted molar refractivity (Wildman–Crippen MR) is 115 cm³/mol. The van der Waals surface area contributed by atoms with Gasteiger partial charge < -0.3 is 9.47 Å². The van der Waals surface area contributed by atoms with Gasteiger partial charge >= 0.3 is 5.97 Å². The molecule has 0 atom stereocenters. The molecule has 6 nitrogen and oxygen atoms in total. The van der Waals surface area contributed by atoms with Crippen LogP contribution in [0, 0.1) is 13.8 Å². The molecular formula is C24H22N2O4. The second-order valence-electron chi connectivity index (χ2n) is 6.64. The van der Waals surface area contributed by atoms with E-state index in [-0.39, 0.29) is 6.61 Å². The van der Waals surface area contributed by atoms with E-state index in [4.69, 9.17) is 9.47 Å². The van der Waals surface area contributed by atoms with Gasteiger partial charge in [0.15, 0.2) is 6.61 Å². The van der Waals surface area contributed by atoms with Crippen LogP contribution in [0.25, 0.3) is 0 Å². The molecule has 1 amide bonds. The minimum Gasteiger partial charge on any atom is -0.483 e. The topological polar surface area (TPSA) is 77.0 Å². The van der Waals surface area contributed by atoms with Gasteiger partial charge in [0, 0.05) is 5.56 Å². The number of carbonyl (C=O) groups is 2. The van der Waals surface area contributed by atoms with E-state index in [1.165, 1.54) is 6.21 Å². The van der Waals surface area contributed by atoms with Crippen molar-refractivity contribution in [3.05, 3.63) is 95.1 Å². The Morgan fingerprint density at radius 2 is 1.67 bits per heavy atom. The number of hydrazone groups is 1. The SMILES string of the molecule is Cc1ccc(C)c(OCC(=O)NN=Cc2ccccc2OC(=O)c2ccccc2)c1. The molecule has 0 unspecified atom stereocenters. The Bertz CT molecular complexity index is 1060. The lowest BCUT2D eigenvalue weighted by atomic mass is 10.1. The van der Waals surface area contributed by atoms with E-state index >= 15 is 0 Å². The summed E-state index contributed by atoms with van der Waals surface area (Å²) in [7, 11) is 0. The molecule has 0 spiro atoms. The molecule has 6 heteroatoms. The Morgan fingerprint density at radius 1 is 0.933 bits per heavy atom. The Hall–Kier alpha value is -3.93. The Kier molecular flexibility index (Phi) is 6.95. The van der Waals surface area contributed by atoms with Gasteiger partial charge in [0.25, 0.3) is 5.91 Å². The van der Waals surface area contributed by atoms with Crippen molar-refractivity contribution in [3.8, 4) is 11.5 Å². The van der Waals surface area contributed by atoms with Gasteiger partial charge in [-0.2, -0.15) is 5.10 Å². The summed E-state index contributed by atoms with van der Waals surface area (Å²) in [5.41, 5.74) is 5.41. The average Bonchev–Trinajstić information content (AvgIpc) is 2.76. The molecule has 0 aromatic heterocycles. The van der Waals surface area contributed by atoms with Crippen molar-refractivity contribution in [1.29, 1.82) is 0 Å². The Balaban J connectivity index is 1.57. The van der Waals surface area contributed by atoms with E-state index in [1.54, 1.807) is 48.5 Å². The second kappa shape index (κ2) is 10.0. The van der Waals surface area contributed by atoms with Crippen molar-refractivity contribution in [3.63, 3.8) is 0 Å². The Labute approximate surface area is 175 Å². The standard InChI is InChI=1S/C24H22N2O4/c1-17-12-13-18(2)22(14-17)29-16-23(27)26-25-15-20-10-6-7-11-21(20)30-24(28)19-8-4-3-5-9-19/h3-15H,16H2,1-2H3,(H,26,27). The van der Waals surface area contributed by atoms with E-state index in [0.717, 1.165) is 11.1 Å². The van der Waals surface area contributed by atoms with Gasteiger partial charge in [-0.25, -0.2) is 10.2 Å². The second-order valence-corrected chi connectivity index (χ2v) is 6.64. The molecule has 3 aromatic rings. The first-order valence-corrected chi connectivity index (χ1v) is 9.41. The van der Waals surface area contributed by atoms with Crippen LogP contribution in [0.5, 0.6) is 11.5 Å². The summed E-state index contributed by atoms with van der Waals surface area (Å²) in [6.45, 7) is 3.71. The average molecular weight is 402 g/mol. The molecule has 0 heterocycles. The van der Waals surface area contributed by atoms with E-state index in [1.807, 2.05) is 38.1 Å². The highest BCUT2D eigenvalue weighted by Gasteiger charge is 2.10. The first kappa shape index (κ1) is 20.8. The molecule has 30 heavy (non-hydrogen) atoms. The fourth-order valence-electron chi connectivity index (χ4n) is 2.63. The van der Waals surface area contributed by atoms with Crippen LogP contribution < -0.4 is 14.9 Å². The van der Waals surface area contributed by atoms with Gasteiger partial charge in [-0.3, -0.25) is 4.79 Å². The van der Waals surface area contributed by atoms with Crippen LogP contribution in [0.4, 0.5) is 0 Å². The zero-order valence-electron chi connectivity index (χ0n) is 16.8. The van der Waals surface area contributed by atoms with Gasteiger partial charge in [-0.15, -0.1) is 0 Å². The zero-order valence-corrected chi connectivity index (χ0v) is 16.8. The molecule has 0 saturated heterocycles. The van der Waals surface area contributed by atoms with Crippen molar-refractivity contribution < 1.29 is 19.1 Å². The molecule has 3 aromatic carbocycles. The molecule has 0 aliphatic heterocycles. The molecule has 0 saturated carbocycles. The van der Waals surface area contributed by atoms with Crippen LogP contribution in [0.1, 0.15) is 27.0 Å². The number of benzene rings is 3. The predicted octanol–water partition coefficient (Wildman–Crippen LogP) is 4.05. The summed E-state index contributed by atoms with van der Waals surface area (Å²) < 4.78 is 11.0. The summed E-state index contributed by atoms with van der Waals surface area (Å²) in [5, 5.41) is 3.94. The monoisotopic (exact) mass is 402 g/mol. The molecule has 3 rings (SSSR count). The first-order chi connectivity index (χ1) is 14.5. The summed E-state index contributed by atoms with van der Waals surface area (Å²) >= 11 is 0. The fourth-order valence-corrected chi connectivity index (χ4v) is 2.63. The third kappa shape index (κ3) is 5.78. The quantitative estimate of drug-likeness (QED) is 0.280. The van der Waals surface area contributed by atoms with Crippen LogP contribution in [0.3, 0.4) is 0 Å². The molecule has 152 valence electrons. The zero-order chi connectivity index (χ0) is 21.3. The molecule has 0 aliphatic carbocycles. The molecule has 1 N–H and O–H groups in total. The van der Waals surface area contributed by atoms with Gasteiger partial charge in [0.05, 0.1) is 11.8 Å². The van der Waals surface area contributed by atoms with Crippen LogP contribution in [-0.2, 0) is 4.79 Å². The number of carbonyl (C=O) groups excluding carboxylic acids is 2. The normalized spacial score (nSPS) is 10.6. The van der Waals surface area contributed by atoms with Crippen molar-refractivity contribution in [2.75, 3.05) is 6.61 Å². The number of rotatable bonds is 7. The lowest BCUT2D eigenvalue weighted by molar-refractivity contribution is -0.123. The maximum absolute atomic E-state index is 12.3. The van der Waals surface area contributed by atoms with Gasteiger partial charge in [0.1, 0.15) is 11.5 Å². The van der Waals surface area contributed by atoms with E-state index in [2.05, 4.69) is 10.5 Å². The summed E-state index contributed by atoms with van der Waals surface area (Å²) in [6, 6.07) is 21.4. The molecule has 0 aliphatic rings. The summed E-state index contributed by atoms with van der Waals surface area (Å²) in [4.78, 5) is 24.3. The maximum Gasteiger partial charge on any atom is 0.343 e. The number of esters is 1. The fraction of sp³-hybridized carbons (Fsp3) is 0.125. The minimum absolute atomic E-state index is 0.160. The van der Waals surface area contributed by atoms with Crippen LogP contribution >= 0.6 is 0 Å². The maximum atomic E-state index is 12.3. The number of amides is 1. The highest BCUT2D eigenvalue weighted by Crippen LogP contribution is 2.19. The molecular weight excluding hydrogens is 380 g/mol. The smallest absolute Gasteiger partial charge is 0.343 e. The van der Waals surface area contributed by atoms with Crippen molar-refractivity contribution in [1.82, 2.24) is 5.43 Å². The summed E-state index contributed by atoms with van der Waals surface area (Å²) in [6.07, 6.45) is 1.42. The number of nitrogens with one attached hydrogen (secondary N) is 1. The number of hydrogen-bond donors (Lipinski definition) is 1. The highest BCUT2D eigenvalue weighted by atomic mass is 16.5. The number of nitrogens with zero attached hydrogens (tertiary/aromatic N) is 1. The van der Waals surface area contributed by atoms with Crippen molar-refractivity contribution in [2.24, 2.45) is 5.10 Å². The lowest BCUT2D eigenvalue weighted by Crippen LogP contribution is -2.24. The van der Waals surface area contributed by atoms with Crippen molar-refractivity contribution >= 4 is 18.1 Å². The highest BCUT2D eigenvalue weighted by molar-refractivity contribution is 5.93. The number of ether oxygens (including phenoxy) is 2. The van der Waals surface area contributed by atoms with Crippen LogP contribution in [-0.4, -0.2) is 24.7 Å². The number of aryl methyl sites for hydroxylation is 2. The third-order valence-corrected chi connectivity index (χ3v) is 4.23. The van der Waals surface area contributed by atoms with Gasteiger partial charge in [0.2, 0.25) is 0 Å². The van der Waals surface area contributed by atoms with Gasteiger partial charge in [-0.05, 0) is 55.3 Å². The molecule has 0 fully saturated rings. The number of hydrogen-bond acceptors (Lipinski definition) is 5. The van der Waals surface area contributed by atoms with Crippen LogP contribution in [0.15, 0.2) is 77.9 Å². The lowest BCUT2D eigenvalue weighted by Gasteiger charge is -2.09. The summed E-state index contributed by atoms with van der Waals surface area (Å²) in [5.74, 6) is 0.136. The number of para-hydroxylation sites is 1. The van der Waals surface area contributed by atoms with E-state index in [0.29, 0.717) is 22.6 Å². The largest absolute Gasteiger partial charge is 0.483 e. The first-order valence-electron chi connectivity index (χ1n) is 9.41. The van der Waals surface area contributed by atoms with Crippen LogP contribution in [0.2, 0.25) is 0 Å². The Morgan fingerprint density at radius 3 is 2.47 bits per heavy atom. The minimum atomic E-state index is -0.470. The molecule has 0 bridgehead atoms. The third-order valence-electron chi connectivity index (χ3n) is 4.23. The van der Waals surface area contributed by atoms with E-state index < -0.39 is 11.9 Å². The van der Waals surface area contributed by atoms with Crippen molar-refractivity contribution in [2.45, 2.75) is 13.8 Å². The molecule has 0 radical (unpaired) electrons. The van der Waals surface area contributed by atoms with E-state index in [9.17, 15) is 9.59 Å².